The number of nitro groups is 1. The number of ether oxygens (including phenoxy) is 1. The van der Waals surface area contributed by atoms with Crippen molar-refractivity contribution in [3.63, 3.8) is 0 Å². The summed E-state index contributed by atoms with van der Waals surface area (Å²) in [6, 6.07) is 20.4. The van der Waals surface area contributed by atoms with Crippen LogP contribution in [-0.4, -0.2) is 28.9 Å². The first kappa shape index (κ1) is 29.4. The van der Waals surface area contributed by atoms with Gasteiger partial charge in [0.15, 0.2) is 0 Å². The molecular weight excluding hydrogens is 639 g/mol. The molecule has 0 aliphatic carbocycles. The summed E-state index contributed by atoms with van der Waals surface area (Å²) < 4.78 is 6.10. The van der Waals surface area contributed by atoms with E-state index in [1.807, 2.05) is 0 Å². The molecule has 0 radical (unpaired) electrons. The minimum atomic E-state index is -0.730. The Morgan fingerprint density at radius 1 is 0.878 bits per heavy atom. The predicted molar refractivity (Wildman–Crippen MR) is 158 cm³/mol. The molecule has 10 nitrogen and oxygen atoms in total. The van der Waals surface area contributed by atoms with Crippen molar-refractivity contribution in [3.05, 3.63) is 132 Å². The molecule has 0 bridgehead atoms. The van der Waals surface area contributed by atoms with E-state index in [1.54, 1.807) is 30.3 Å². The number of hydrazone groups is 1. The van der Waals surface area contributed by atoms with E-state index in [1.165, 1.54) is 60.8 Å². The Morgan fingerprint density at radius 2 is 1.56 bits per heavy atom. The van der Waals surface area contributed by atoms with E-state index in [2.05, 4.69) is 31.8 Å². The van der Waals surface area contributed by atoms with Gasteiger partial charge in [-0.25, -0.2) is 10.2 Å². The maximum atomic E-state index is 12.6. The molecule has 0 heterocycles. The lowest BCUT2D eigenvalue weighted by Crippen LogP contribution is -2.18. The van der Waals surface area contributed by atoms with Gasteiger partial charge in [0, 0.05) is 38.4 Å². The molecule has 0 saturated carbocycles. The molecule has 4 aromatic carbocycles. The fraction of sp³-hybridized carbons (Fsp3) is 0. The number of esters is 1. The Labute approximate surface area is 251 Å². The third-order valence-corrected chi connectivity index (χ3v) is 6.48. The lowest BCUT2D eigenvalue weighted by molar-refractivity contribution is -0.384. The van der Waals surface area contributed by atoms with Crippen LogP contribution in [0.4, 0.5) is 11.4 Å². The maximum absolute atomic E-state index is 12.6. The highest BCUT2D eigenvalue weighted by molar-refractivity contribution is 9.10. The van der Waals surface area contributed by atoms with Crippen molar-refractivity contribution in [1.82, 2.24) is 5.43 Å². The molecule has 0 spiro atoms. The molecule has 4 rings (SSSR count). The number of benzene rings is 4. The number of rotatable bonds is 8. The van der Waals surface area contributed by atoms with Crippen molar-refractivity contribution in [2.75, 3.05) is 5.32 Å². The van der Waals surface area contributed by atoms with E-state index in [0.717, 1.165) is 0 Å². The van der Waals surface area contributed by atoms with E-state index in [4.69, 9.17) is 27.9 Å². The normalized spacial score (nSPS) is 10.7. The SMILES string of the molecule is O=C(N/N=C\c1cc(Br)ccc1OC(=O)c1ccc([N+](=O)[O-])cc1)c1ccc(NC(=O)c2ccc(Cl)cc2Cl)cc1. The Hall–Kier alpha value is -4.58. The predicted octanol–water partition coefficient (Wildman–Crippen LogP) is 6.90. The molecule has 13 heteroatoms. The van der Waals surface area contributed by atoms with Gasteiger partial charge in [0.05, 0.1) is 27.3 Å². The van der Waals surface area contributed by atoms with Gasteiger partial charge in [-0.2, -0.15) is 5.10 Å². The monoisotopic (exact) mass is 654 g/mol. The summed E-state index contributed by atoms with van der Waals surface area (Å²) in [6.07, 6.45) is 1.30. The molecule has 206 valence electrons. The van der Waals surface area contributed by atoms with E-state index in [9.17, 15) is 24.5 Å². The van der Waals surface area contributed by atoms with E-state index >= 15 is 0 Å². The summed E-state index contributed by atoms with van der Waals surface area (Å²) in [4.78, 5) is 47.9. The number of nitrogens with one attached hydrogen (secondary N) is 2. The standard InChI is InChI=1S/C28H17BrCl2N4O6/c29-19-5-12-25(41-28(38)17-3-9-22(10-4-17)35(39)40)18(13-19)15-32-34-26(36)16-1-7-21(8-2-16)33-27(37)23-11-6-20(30)14-24(23)31/h1-15H,(H,33,37)(H,34,36)/b32-15-. The highest BCUT2D eigenvalue weighted by Crippen LogP contribution is 2.24. The van der Waals surface area contributed by atoms with Gasteiger partial charge in [-0.1, -0.05) is 39.1 Å². The summed E-state index contributed by atoms with van der Waals surface area (Å²) in [7, 11) is 0. The van der Waals surface area contributed by atoms with Gasteiger partial charge in [-0.05, 0) is 72.8 Å². The summed E-state index contributed by atoms with van der Waals surface area (Å²) >= 11 is 15.3. The smallest absolute Gasteiger partial charge is 0.343 e. The van der Waals surface area contributed by atoms with Crippen LogP contribution in [0, 0.1) is 10.1 Å². The molecule has 2 N–H and O–H groups in total. The lowest BCUT2D eigenvalue weighted by atomic mass is 10.1. The Morgan fingerprint density at radius 3 is 2.22 bits per heavy atom. The van der Waals surface area contributed by atoms with Crippen LogP contribution in [0.25, 0.3) is 0 Å². The second-order valence-corrected chi connectivity index (χ2v) is 9.99. The first-order valence-electron chi connectivity index (χ1n) is 11.6. The van der Waals surface area contributed by atoms with Crippen LogP contribution in [0.15, 0.2) is 94.5 Å². The third-order valence-electron chi connectivity index (χ3n) is 5.44. The number of nitro benzene ring substituents is 1. The van der Waals surface area contributed by atoms with Gasteiger partial charge in [0.1, 0.15) is 5.75 Å². The van der Waals surface area contributed by atoms with Gasteiger partial charge in [0.2, 0.25) is 0 Å². The Kier molecular flexibility index (Phi) is 9.45. The second kappa shape index (κ2) is 13.2. The number of hydrogen-bond donors (Lipinski definition) is 2. The summed E-state index contributed by atoms with van der Waals surface area (Å²) in [5.74, 6) is -1.55. The summed E-state index contributed by atoms with van der Waals surface area (Å²) in [6.45, 7) is 0. The first-order chi connectivity index (χ1) is 19.6. The first-order valence-corrected chi connectivity index (χ1v) is 13.1. The Bertz CT molecular complexity index is 1680. The van der Waals surface area contributed by atoms with E-state index in [0.29, 0.717) is 20.7 Å². The molecule has 0 aliphatic rings. The molecule has 41 heavy (non-hydrogen) atoms. The van der Waals surface area contributed by atoms with Crippen molar-refractivity contribution in [1.29, 1.82) is 0 Å². The molecule has 0 unspecified atom stereocenters. The van der Waals surface area contributed by atoms with Crippen molar-refractivity contribution < 1.29 is 24.0 Å². The number of anilines is 1. The minimum Gasteiger partial charge on any atom is -0.422 e. The molecule has 0 aromatic heterocycles. The highest BCUT2D eigenvalue weighted by Gasteiger charge is 2.15. The minimum absolute atomic E-state index is 0.116. The number of carbonyl (C=O) groups is 3. The average molecular weight is 656 g/mol. The van der Waals surface area contributed by atoms with Crippen LogP contribution >= 0.6 is 39.1 Å². The van der Waals surface area contributed by atoms with Crippen molar-refractivity contribution in [3.8, 4) is 5.75 Å². The number of carbonyl (C=O) groups excluding carboxylic acids is 3. The van der Waals surface area contributed by atoms with Crippen LogP contribution < -0.4 is 15.5 Å². The second-order valence-electron chi connectivity index (χ2n) is 8.23. The molecular formula is C28H17BrCl2N4O6. The zero-order valence-corrected chi connectivity index (χ0v) is 23.7. The van der Waals surface area contributed by atoms with Gasteiger partial charge in [-0.15, -0.1) is 0 Å². The maximum Gasteiger partial charge on any atom is 0.343 e. The van der Waals surface area contributed by atoms with E-state index < -0.39 is 22.7 Å². The molecule has 0 aliphatic heterocycles. The fourth-order valence-corrected chi connectivity index (χ4v) is 4.27. The zero-order chi connectivity index (χ0) is 29.5. The van der Waals surface area contributed by atoms with E-state index in [-0.39, 0.29) is 33.1 Å². The van der Waals surface area contributed by atoms with Gasteiger partial charge in [0.25, 0.3) is 17.5 Å². The average Bonchev–Trinajstić information content (AvgIpc) is 2.94. The van der Waals surface area contributed by atoms with Crippen LogP contribution in [0.3, 0.4) is 0 Å². The van der Waals surface area contributed by atoms with Gasteiger partial charge < -0.3 is 10.1 Å². The summed E-state index contributed by atoms with van der Waals surface area (Å²) in [5, 5.41) is 18.1. The number of amides is 2. The third kappa shape index (κ3) is 7.76. The fourth-order valence-electron chi connectivity index (χ4n) is 3.39. The highest BCUT2D eigenvalue weighted by atomic mass is 79.9. The molecule has 0 atom stereocenters. The van der Waals surface area contributed by atoms with Gasteiger partial charge in [-0.3, -0.25) is 19.7 Å². The lowest BCUT2D eigenvalue weighted by Gasteiger charge is -2.09. The molecule has 0 saturated heterocycles. The van der Waals surface area contributed by atoms with Crippen molar-refractivity contribution >= 4 is 74.5 Å². The van der Waals surface area contributed by atoms with Crippen LogP contribution in [0.5, 0.6) is 5.75 Å². The van der Waals surface area contributed by atoms with Gasteiger partial charge >= 0.3 is 5.97 Å². The van der Waals surface area contributed by atoms with Crippen LogP contribution in [0.1, 0.15) is 36.6 Å². The molecule has 0 fully saturated rings. The number of hydrogen-bond acceptors (Lipinski definition) is 7. The quantitative estimate of drug-likeness (QED) is 0.0696. The van der Waals surface area contributed by atoms with Crippen LogP contribution in [-0.2, 0) is 0 Å². The molecule has 4 aromatic rings. The van der Waals surface area contributed by atoms with Crippen molar-refractivity contribution in [2.24, 2.45) is 5.10 Å². The van der Waals surface area contributed by atoms with Crippen molar-refractivity contribution in [2.45, 2.75) is 0 Å². The molecule has 2 amide bonds. The topological polar surface area (TPSA) is 140 Å². The number of halogens is 3. The largest absolute Gasteiger partial charge is 0.422 e. The van der Waals surface area contributed by atoms with Crippen LogP contribution in [0.2, 0.25) is 10.0 Å². The number of non-ortho nitro benzene ring substituents is 1. The zero-order valence-electron chi connectivity index (χ0n) is 20.6. The Balaban J connectivity index is 1.39. The number of nitrogens with zero attached hydrogens (tertiary/aromatic N) is 2. The summed E-state index contributed by atoms with van der Waals surface area (Å²) in [5.41, 5.74) is 3.67.